The third-order valence-corrected chi connectivity index (χ3v) is 8.44. The van der Waals surface area contributed by atoms with Gasteiger partial charge in [-0.3, -0.25) is 14.4 Å². The van der Waals surface area contributed by atoms with E-state index in [1.165, 1.54) is 13.2 Å². The highest BCUT2D eigenvalue weighted by Gasteiger charge is 2.68. The third kappa shape index (κ3) is 3.62. The van der Waals surface area contributed by atoms with E-state index < -0.39 is 40.8 Å². The largest absolute Gasteiger partial charge is 0.469 e. The van der Waals surface area contributed by atoms with Crippen LogP contribution in [-0.4, -0.2) is 65.4 Å². The molecule has 4 N–H and O–H groups in total. The number of ketones is 1. The Morgan fingerprint density at radius 3 is 2.55 bits per heavy atom. The van der Waals surface area contributed by atoms with E-state index in [1.54, 1.807) is 6.92 Å². The number of hydrogen-bond acceptors (Lipinski definition) is 7. The lowest BCUT2D eigenvalue weighted by Crippen LogP contribution is -2.68. The second-order valence-electron chi connectivity index (χ2n) is 9.85. The Kier molecular flexibility index (Phi) is 6.65. The summed E-state index contributed by atoms with van der Waals surface area (Å²) in [5.41, 5.74) is -1.05. The fraction of sp³-hybridized carbons (Fsp3) is 0.783. The summed E-state index contributed by atoms with van der Waals surface area (Å²) in [7, 11) is 1.26. The molecule has 8 atom stereocenters. The van der Waals surface area contributed by atoms with E-state index in [0.29, 0.717) is 25.7 Å². The zero-order valence-electron chi connectivity index (χ0n) is 18.8. The molecular weight excluding hydrogens is 402 g/mol. The van der Waals surface area contributed by atoms with E-state index in [1.807, 2.05) is 13.8 Å². The zero-order valence-corrected chi connectivity index (χ0v) is 18.8. The number of aliphatic hydroxyl groups is 3. The highest BCUT2D eigenvalue weighted by molar-refractivity contribution is 5.91. The predicted molar refractivity (Wildman–Crippen MR) is 112 cm³/mol. The van der Waals surface area contributed by atoms with Crippen LogP contribution >= 0.6 is 0 Å². The maximum atomic E-state index is 13.4. The molecule has 174 valence electrons. The van der Waals surface area contributed by atoms with Crippen molar-refractivity contribution < 1.29 is 34.4 Å². The molecule has 0 aromatic rings. The topological polar surface area (TPSA) is 133 Å². The monoisotopic (exact) mass is 437 g/mol. The van der Waals surface area contributed by atoms with Crippen molar-refractivity contribution in [1.82, 2.24) is 5.32 Å². The van der Waals surface area contributed by atoms with Gasteiger partial charge in [0.2, 0.25) is 5.91 Å². The number of carbonyl (C=O) groups excluding carboxylic acids is 3. The molecule has 3 rings (SSSR count). The lowest BCUT2D eigenvalue weighted by molar-refractivity contribution is -0.217. The number of carbonyl (C=O) groups is 3. The molecule has 0 aliphatic heterocycles. The fourth-order valence-electron chi connectivity index (χ4n) is 6.84. The molecule has 8 nitrogen and oxygen atoms in total. The van der Waals surface area contributed by atoms with Gasteiger partial charge in [-0.25, -0.2) is 0 Å². The van der Waals surface area contributed by atoms with Crippen molar-refractivity contribution in [3.05, 3.63) is 11.6 Å². The van der Waals surface area contributed by atoms with E-state index in [4.69, 9.17) is 9.84 Å². The van der Waals surface area contributed by atoms with Crippen LogP contribution in [-0.2, 0) is 19.1 Å². The van der Waals surface area contributed by atoms with Crippen molar-refractivity contribution in [3.8, 4) is 0 Å². The van der Waals surface area contributed by atoms with Gasteiger partial charge in [0.05, 0.1) is 25.2 Å². The van der Waals surface area contributed by atoms with Gasteiger partial charge in [0.1, 0.15) is 6.10 Å². The minimum absolute atomic E-state index is 0.0717. The summed E-state index contributed by atoms with van der Waals surface area (Å²) in [6.45, 7) is 5.55. The number of hydrogen-bond donors (Lipinski definition) is 4. The molecule has 0 radical (unpaired) electrons. The summed E-state index contributed by atoms with van der Waals surface area (Å²) in [4.78, 5) is 38.3. The van der Waals surface area contributed by atoms with Crippen LogP contribution in [0, 0.1) is 34.5 Å². The number of amides is 1. The van der Waals surface area contributed by atoms with E-state index in [9.17, 15) is 24.6 Å². The zero-order chi connectivity index (χ0) is 23.1. The van der Waals surface area contributed by atoms with Gasteiger partial charge in [0.15, 0.2) is 5.78 Å². The number of nitrogens with one attached hydrogen (secondary N) is 1. The number of ether oxygens (including phenoxy) is 1. The molecule has 3 saturated carbocycles. The lowest BCUT2D eigenvalue weighted by Gasteiger charge is -2.62. The molecule has 0 saturated heterocycles. The average Bonchev–Trinajstić information content (AvgIpc) is 2.74. The van der Waals surface area contributed by atoms with Crippen molar-refractivity contribution in [2.24, 2.45) is 34.5 Å². The molecule has 3 aliphatic rings. The number of Topliss-reactive ketones (excluding diaryl/α,β-unsaturated/α-hetero) is 1. The van der Waals surface area contributed by atoms with E-state index in [0.717, 1.165) is 5.57 Å². The van der Waals surface area contributed by atoms with E-state index in [-0.39, 0.29) is 36.7 Å². The van der Waals surface area contributed by atoms with E-state index in [2.05, 4.69) is 5.32 Å². The van der Waals surface area contributed by atoms with Crippen LogP contribution in [0.3, 0.4) is 0 Å². The number of esters is 1. The lowest BCUT2D eigenvalue weighted by atomic mass is 9.41. The molecular formula is C23H35NO7. The first-order valence-corrected chi connectivity index (χ1v) is 11.1. The van der Waals surface area contributed by atoms with Gasteiger partial charge < -0.3 is 25.4 Å². The predicted octanol–water partition coefficient (Wildman–Crippen LogP) is 0.584. The van der Waals surface area contributed by atoms with Gasteiger partial charge in [0.25, 0.3) is 0 Å². The first-order chi connectivity index (χ1) is 14.5. The summed E-state index contributed by atoms with van der Waals surface area (Å²) < 4.78 is 5.00. The van der Waals surface area contributed by atoms with Gasteiger partial charge >= 0.3 is 5.97 Å². The Balaban J connectivity index is 1.98. The Hall–Kier alpha value is -1.77. The second-order valence-corrected chi connectivity index (χ2v) is 9.85. The quantitative estimate of drug-likeness (QED) is 0.374. The third-order valence-electron chi connectivity index (χ3n) is 8.44. The smallest absolute Gasteiger partial charge is 0.314 e. The first-order valence-electron chi connectivity index (χ1n) is 11.1. The molecule has 3 aliphatic carbocycles. The van der Waals surface area contributed by atoms with Gasteiger partial charge in [0, 0.05) is 24.5 Å². The molecule has 8 unspecified atom stereocenters. The van der Waals surface area contributed by atoms with Crippen LogP contribution in [0.15, 0.2) is 11.6 Å². The molecule has 1 amide bonds. The first kappa shape index (κ1) is 23.9. The normalized spacial score (nSPS) is 43.7. The highest BCUT2D eigenvalue weighted by Crippen LogP contribution is 2.64. The summed E-state index contributed by atoms with van der Waals surface area (Å²) in [5, 5.41) is 33.4. The van der Waals surface area contributed by atoms with Crippen LogP contribution in [0.1, 0.15) is 46.5 Å². The van der Waals surface area contributed by atoms with Crippen molar-refractivity contribution in [2.45, 2.75) is 58.7 Å². The Labute approximate surface area is 183 Å². The van der Waals surface area contributed by atoms with Gasteiger partial charge in [-0.15, -0.1) is 0 Å². The molecule has 3 fully saturated rings. The number of allylic oxidation sites excluding steroid dienone is 1. The number of aliphatic hydroxyl groups excluding tert-OH is 3. The Bertz CT molecular complexity index is 780. The minimum Gasteiger partial charge on any atom is -0.469 e. The molecule has 0 spiro atoms. The number of rotatable bonds is 4. The molecule has 0 heterocycles. The Morgan fingerprint density at radius 1 is 1.26 bits per heavy atom. The summed E-state index contributed by atoms with van der Waals surface area (Å²) >= 11 is 0. The van der Waals surface area contributed by atoms with Crippen molar-refractivity contribution in [3.63, 3.8) is 0 Å². The summed E-state index contributed by atoms with van der Waals surface area (Å²) in [5.74, 6) is -2.74. The number of methoxy groups -OCH3 is 1. The van der Waals surface area contributed by atoms with Crippen molar-refractivity contribution in [1.29, 1.82) is 0 Å². The maximum Gasteiger partial charge on any atom is 0.314 e. The molecule has 8 heteroatoms. The minimum atomic E-state index is -1.39. The van der Waals surface area contributed by atoms with Crippen LogP contribution in [0.4, 0.5) is 0 Å². The van der Waals surface area contributed by atoms with Gasteiger partial charge in [-0.1, -0.05) is 19.4 Å². The molecule has 0 aromatic heterocycles. The molecule has 0 aromatic carbocycles. The summed E-state index contributed by atoms with van der Waals surface area (Å²) in [6, 6.07) is 0. The van der Waals surface area contributed by atoms with Crippen LogP contribution < -0.4 is 5.32 Å². The van der Waals surface area contributed by atoms with Crippen LogP contribution in [0.25, 0.3) is 0 Å². The highest BCUT2D eigenvalue weighted by atomic mass is 16.5. The SMILES string of the molecule is COC(=O)C1(C)C(O)CCC2(C)C3CCC(=CC(=O)NCCO)C(C)C3C(=O)C(O)C21. The molecule has 31 heavy (non-hydrogen) atoms. The Morgan fingerprint density at radius 2 is 1.94 bits per heavy atom. The fourth-order valence-corrected chi connectivity index (χ4v) is 6.84. The van der Waals surface area contributed by atoms with Crippen LogP contribution in [0.2, 0.25) is 0 Å². The van der Waals surface area contributed by atoms with Crippen molar-refractivity contribution >= 4 is 17.7 Å². The van der Waals surface area contributed by atoms with E-state index >= 15 is 0 Å². The standard InChI is InChI=1S/C23H35NO7/c1-12-13(11-16(27)24-9-10-25)5-6-14-17(12)18(28)19(29)20-22(14,2)8-7-15(26)23(20,3)21(30)31-4/h11-12,14-15,17,19-20,25-26,29H,5-10H2,1-4H3,(H,24,27). The second kappa shape index (κ2) is 8.64. The van der Waals surface area contributed by atoms with Gasteiger partial charge in [-0.2, -0.15) is 0 Å². The van der Waals surface area contributed by atoms with Crippen molar-refractivity contribution in [2.75, 3.05) is 20.3 Å². The molecule has 0 bridgehead atoms. The number of fused-ring (bicyclic) bond motifs is 3. The maximum absolute atomic E-state index is 13.4. The average molecular weight is 438 g/mol. The van der Waals surface area contributed by atoms with Crippen LogP contribution in [0.5, 0.6) is 0 Å². The summed E-state index contributed by atoms with van der Waals surface area (Å²) in [6.07, 6.45) is 1.40. The van der Waals surface area contributed by atoms with Gasteiger partial charge in [-0.05, 0) is 49.9 Å².